The number of aromatic amines is 2. The number of benzene rings is 2. The van der Waals surface area contributed by atoms with E-state index in [-0.39, 0.29) is 40.8 Å². The fourth-order valence-electron chi connectivity index (χ4n) is 5.93. The molecule has 46 heavy (non-hydrogen) atoms. The highest BCUT2D eigenvalue weighted by Crippen LogP contribution is 2.36. The number of carbonyl (C=O) groups is 1. The maximum atomic E-state index is 16.3. The van der Waals surface area contributed by atoms with Gasteiger partial charge in [0.15, 0.2) is 11.5 Å². The largest absolute Gasteiger partial charge is 0.324 e. The summed E-state index contributed by atoms with van der Waals surface area (Å²) in [6.45, 7) is -0.0875. The van der Waals surface area contributed by atoms with Crippen LogP contribution in [0.5, 0.6) is 0 Å². The Bertz CT molecular complexity index is 2240. The van der Waals surface area contributed by atoms with E-state index in [1.54, 1.807) is 36.5 Å². The molecular weight excluding hydrogens is 614 g/mol. The van der Waals surface area contributed by atoms with E-state index in [4.69, 9.17) is 4.98 Å². The van der Waals surface area contributed by atoms with Crippen LogP contribution < -0.4 is 10.0 Å². The summed E-state index contributed by atoms with van der Waals surface area (Å²) in [6.07, 6.45) is 9.43. The Kier molecular flexibility index (Phi) is 7.53. The Morgan fingerprint density at radius 1 is 1.02 bits per heavy atom. The van der Waals surface area contributed by atoms with Gasteiger partial charge < -0.3 is 10.3 Å². The third-order valence-electron chi connectivity index (χ3n) is 8.13. The van der Waals surface area contributed by atoms with Crippen LogP contribution in [-0.4, -0.2) is 50.7 Å². The van der Waals surface area contributed by atoms with Crippen LogP contribution in [0.2, 0.25) is 0 Å². The van der Waals surface area contributed by atoms with Gasteiger partial charge in [-0.2, -0.15) is 5.10 Å². The van der Waals surface area contributed by atoms with Crippen molar-refractivity contribution in [2.45, 2.75) is 32.2 Å². The summed E-state index contributed by atoms with van der Waals surface area (Å²) in [7, 11) is -3.48. The molecule has 1 aliphatic carbocycles. The molecule has 0 saturated heterocycles. The average Bonchev–Trinajstić information content (AvgIpc) is 3.80. The molecular formula is C32H28F2N8O3S. The van der Waals surface area contributed by atoms with Crippen LogP contribution in [0.25, 0.3) is 55.8 Å². The third-order valence-corrected chi connectivity index (χ3v) is 8.79. The lowest BCUT2D eigenvalue weighted by Crippen LogP contribution is -2.21. The van der Waals surface area contributed by atoms with Crippen LogP contribution in [0.1, 0.15) is 31.2 Å². The second-order valence-electron chi connectivity index (χ2n) is 11.4. The molecule has 11 nitrogen and oxygen atoms in total. The Labute approximate surface area is 261 Å². The summed E-state index contributed by atoms with van der Waals surface area (Å²) < 4.78 is 56.4. The normalized spacial score (nSPS) is 14.0. The van der Waals surface area contributed by atoms with Gasteiger partial charge in [-0.15, -0.1) is 0 Å². The molecule has 1 saturated carbocycles. The molecule has 1 aliphatic rings. The minimum absolute atomic E-state index is 0.0242. The van der Waals surface area contributed by atoms with Crippen molar-refractivity contribution in [3.8, 4) is 33.8 Å². The zero-order valence-electron chi connectivity index (χ0n) is 24.6. The number of imidazole rings is 1. The number of hydrogen-bond donors (Lipinski definition) is 4. The number of sulfonamides is 1. The summed E-state index contributed by atoms with van der Waals surface area (Å²) in [6, 6.07) is 10.9. The van der Waals surface area contributed by atoms with Gasteiger partial charge in [0.2, 0.25) is 15.9 Å². The number of hydrogen-bond acceptors (Lipinski definition) is 7. The minimum atomic E-state index is -3.48. The number of rotatable bonds is 8. The van der Waals surface area contributed by atoms with E-state index in [1.807, 2.05) is 0 Å². The smallest absolute Gasteiger partial charge is 0.227 e. The molecule has 4 heterocycles. The van der Waals surface area contributed by atoms with E-state index < -0.39 is 21.7 Å². The number of H-pyrrole nitrogens is 2. The van der Waals surface area contributed by atoms with Gasteiger partial charge in [-0.05, 0) is 66.4 Å². The van der Waals surface area contributed by atoms with E-state index in [9.17, 15) is 17.6 Å². The summed E-state index contributed by atoms with van der Waals surface area (Å²) in [5, 5.41) is 10.3. The number of carbonyl (C=O) groups excluding carboxylic acids is 1. The third kappa shape index (κ3) is 5.84. The lowest BCUT2D eigenvalue weighted by Gasteiger charge is -2.11. The number of nitrogens with one attached hydrogen (secondary N) is 4. The second kappa shape index (κ2) is 11.7. The van der Waals surface area contributed by atoms with Gasteiger partial charge in [-0.25, -0.2) is 31.9 Å². The number of halogens is 2. The maximum absolute atomic E-state index is 16.3. The molecule has 7 rings (SSSR count). The maximum Gasteiger partial charge on any atom is 0.227 e. The lowest BCUT2D eigenvalue weighted by molar-refractivity contribution is -0.119. The predicted molar refractivity (Wildman–Crippen MR) is 170 cm³/mol. The van der Waals surface area contributed by atoms with E-state index in [0.717, 1.165) is 31.9 Å². The highest BCUT2D eigenvalue weighted by molar-refractivity contribution is 7.88. The molecule has 1 fully saturated rings. The molecule has 4 N–H and O–H groups in total. The van der Waals surface area contributed by atoms with E-state index in [1.165, 1.54) is 24.5 Å². The van der Waals surface area contributed by atoms with Crippen LogP contribution in [0.3, 0.4) is 0 Å². The molecule has 4 aromatic heterocycles. The number of nitrogens with zero attached hydrogens (tertiary/aromatic N) is 4. The first-order chi connectivity index (χ1) is 22.1. The van der Waals surface area contributed by atoms with Crippen molar-refractivity contribution in [2.24, 2.45) is 5.92 Å². The molecule has 2 aromatic carbocycles. The number of anilines is 1. The van der Waals surface area contributed by atoms with Crippen LogP contribution in [-0.2, 0) is 21.4 Å². The van der Waals surface area contributed by atoms with Gasteiger partial charge in [0.25, 0.3) is 0 Å². The van der Waals surface area contributed by atoms with Crippen molar-refractivity contribution in [3.63, 3.8) is 0 Å². The van der Waals surface area contributed by atoms with E-state index in [2.05, 4.69) is 35.2 Å². The van der Waals surface area contributed by atoms with Crippen LogP contribution >= 0.6 is 0 Å². The molecule has 1 amide bonds. The quantitative estimate of drug-likeness (QED) is 0.166. The van der Waals surface area contributed by atoms with Gasteiger partial charge in [0.05, 0.1) is 29.0 Å². The Morgan fingerprint density at radius 2 is 1.85 bits per heavy atom. The molecule has 0 unspecified atom stereocenters. The van der Waals surface area contributed by atoms with Gasteiger partial charge in [-0.1, -0.05) is 12.8 Å². The second-order valence-corrected chi connectivity index (χ2v) is 13.3. The van der Waals surface area contributed by atoms with Crippen molar-refractivity contribution in [2.75, 3.05) is 11.6 Å². The molecule has 0 atom stereocenters. The average molecular weight is 643 g/mol. The zero-order chi connectivity index (χ0) is 32.0. The van der Waals surface area contributed by atoms with Crippen molar-refractivity contribution < 1.29 is 22.0 Å². The Hall–Kier alpha value is -5.08. The van der Waals surface area contributed by atoms with Gasteiger partial charge in [0.1, 0.15) is 22.8 Å². The van der Waals surface area contributed by atoms with Gasteiger partial charge in [-0.3, -0.25) is 14.9 Å². The van der Waals surface area contributed by atoms with Crippen molar-refractivity contribution in [3.05, 3.63) is 78.3 Å². The fraction of sp³-hybridized carbons (Fsp3) is 0.219. The topological polar surface area (TPSA) is 158 Å². The molecule has 0 spiro atoms. The summed E-state index contributed by atoms with van der Waals surface area (Å²) in [4.78, 5) is 29.1. The molecule has 0 bridgehead atoms. The van der Waals surface area contributed by atoms with E-state index in [0.29, 0.717) is 44.6 Å². The predicted octanol–water partition coefficient (Wildman–Crippen LogP) is 5.69. The first-order valence-electron chi connectivity index (χ1n) is 14.7. The van der Waals surface area contributed by atoms with Crippen molar-refractivity contribution >= 4 is 43.7 Å². The summed E-state index contributed by atoms with van der Waals surface area (Å²) in [5.74, 6) is -0.938. The highest BCUT2D eigenvalue weighted by atomic mass is 32.2. The molecule has 0 radical (unpaired) electrons. The SMILES string of the molecule is CS(=O)(=O)NCc1cc(F)cc(-c2ccnc3[nH]c(-c4n[nH]c5ccc(-c6cncc(NC(=O)C7CCCC7)c6)c(F)c45)nc23)c1. The number of pyridine rings is 2. The van der Waals surface area contributed by atoms with Crippen LogP contribution in [0.4, 0.5) is 14.5 Å². The minimum Gasteiger partial charge on any atom is -0.324 e. The fourth-order valence-corrected chi connectivity index (χ4v) is 6.36. The Morgan fingerprint density at radius 3 is 2.65 bits per heavy atom. The van der Waals surface area contributed by atoms with Gasteiger partial charge in [0, 0.05) is 41.5 Å². The molecule has 234 valence electrons. The zero-order valence-corrected chi connectivity index (χ0v) is 25.4. The highest BCUT2D eigenvalue weighted by Gasteiger charge is 2.24. The monoisotopic (exact) mass is 642 g/mol. The first-order valence-corrected chi connectivity index (χ1v) is 16.5. The molecule has 0 aliphatic heterocycles. The molecule has 14 heteroatoms. The van der Waals surface area contributed by atoms with Crippen molar-refractivity contribution in [1.82, 2.24) is 34.9 Å². The Balaban J connectivity index is 1.25. The number of fused-ring (bicyclic) bond motifs is 2. The molecule has 6 aromatic rings. The summed E-state index contributed by atoms with van der Waals surface area (Å²) in [5.41, 5.74) is 4.09. The number of aromatic nitrogens is 6. The first kappa shape index (κ1) is 29.6. The summed E-state index contributed by atoms with van der Waals surface area (Å²) >= 11 is 0. The van der Waals surface area contributed by atoms with Crippen molar-refractivity contribution in [1.29, 1.82) is 0 Å². The van der Waals surface area contributed by atoms with E-state index >= 15 is 4.39 Å². The number of amides is 1. The lowest BCUT2D eigenvalue weighted by atomic mass is 10.0. The standard InChI is InChI=1S/C32H28F2N8O3S/c1-46(44,45)37-14-17-10-19(12-21(33)11-17)24-8-9-36-30-28(24)39-31(40-30)29-26-25(41-42-29)7-6-23(27(26)34)20-13-22(16-35-15-20)38-32(43)18-4-2-3-5-18/h6-13,15-16,18,37H,2-5,14H2,1H3,(H,38,43)(H,41,42)(H,36,39,40). The van der Waals surface area contributed by atoms with Gasteiger partial charge >= 0.3 is 0 Å². The van der Waals surface area contributed by atoms with Crippen LogP contribution in [0.15, 0.2) is 61.1 Å². The van der Waals surface area contributed by atoms with Crippen LogP contribution in [0, 0.1) is 17.6 Å².